The molecule has 1 heterocycles. The lowest BCUT2D eigenvalue weighted by molar-refractivity contribution is -0.115. The lowest BCUT2D eigenvalue weighted by Crippen LogP contribution is -2.16. The monoisotopic (exact) mass is 308 g/mol. The van der Waals surface area contributed by atoms with Crippen molar-refractivity contribution < 1.29 is 9.32 Å². The molecule has 4 heteroatoms. The van der Waals surface area contributed by atoms with Crippen molar-refractivity contribution in [3.8, 4) is 0 Å². The van der Waals surface area contributed by atoms with Crippen molar-refractivity contribution in [3.63, 3.8) is 0 Å². The molecule has 0 aliphatic carbocycles. The smallest absolute Gasteiger partial charge is 0.230 e. The maximum Gasteiger partial charge on any atom is 0.230 e. The second-order valence-corrected chi connectivity index (χ2v) is 6.08. The molecule has 118 valence electrons. The molecule has 2 aromatic carbocycles. The summed E-state index contributed by atoms with van der Waals surface area (Å²) in [7, 11) is 0. The molecular weight excluding hydrogens is 288 g/mol. The van der Waals surface area contributed by atoms with Crippen LogP contribution < -0.4 is 5.32 Å². The van der Waals surface area contributed by atoms with Crippen LogP contribution in [-0.2, 0) is 11.2 Å². The quantitative estimate of drug-likeness (QED) is 0.787. The first kappa shape index (κ1) is 15.3. The summed E-state index contributed by atoms with van der Waals surface area (Å²) in [6.07, 6.45) is 0.199. The van der Waals surface area contributed by atoms with Crippen molar-refractivity contribution in [3.05, 3.63) is 58.3 Å². The molecule has 0 aliphatic rings. The first-order chi connectivity index (χ1) is 11.0. The molecular formula is C19H20N2O2. The molecule has 1 amide bonds. The fourth-order valence-electron chi connectivity index (χ4n) is 2.99. The number of amides is 1. The summed E-state index contributed by atoms with van der Waals surface area (Å²) in [6.45, 7) is 8.00. The molecule has 3 rings (SSSR count). The maximum atomic E-state index is 12.4. The number of rotatable bonds is 3. The van der Waals surface area contributed by atoms with Crippen LogP contribution in [0.3, 0.4) is 0 Å². The molecule has 3 aromatic rings. The van der Waals surface area contributed by atoms with Gasteiger partial charge in [-0.1, -0.05) is 29.4 Å². The number of para-hydroxylation sites is 1. The molecule has 0 aliphatic heterocycles. The zero-order chi connectivity index (χ0) is 16.6. The summed E-state index contributed by atoms with van der Waals surface area (Å²) in [5, 5.41) is 8.02. The number of benzene rings is 2. The minimum atomic E-state index is -0.0856. The third-order valence-electron chi connectivity index (χ3n) is 4.06. The Bertz CT molecular complexity index is 874. The molecule has 23 heavy (non-hydrogen) atoms. The van der Waals surface area contributed by atoms with Gasteiger partial charge in [0.05, 0.1) is 6.42 Å². The van der Waals surface area contributed by atoms with E-state index in [2.05, 4.69) is 16.5 Å². The zero-order valence-electron chi connectivity index (χ0n) is 13.9. The van der Waals surface area contributed by atoms with Gasteiger partial charge < -0.3 is 9.84 Å². The van der Waals surface area contributed by atoms with Gasteiger partial charge in [0, 0.05) is 11.1 Å². The number of nitrogens with one attached hydrogen (secondary N) is 1. The number of nitrogens with zero attached hydrogens (tertiary/aromatic N) is 1. The van der Waals surface area contributed by atoms with Crippen LogP contribution in [0.4, 0.5) is 5.69 Å². The second-order valence-electron chi connectivity index (χ2n) is 6.08. The molecule has 4 nitrogen and oxygen atoms in total. The fourth-order valence-corrected chi connectivity index (χ4v) is 2.99. The second kappa shape index (κ2) is 5.88. The van der Waals surface area contributed by atoms with Crippen molar-refractivity contribution in [2.75, 3.05) is 5.32 Å². The Balaban J connectivity index is 1.86. The number of hydrogen-bond acceptors (Lipinski definition) is 3. The predicted molar refractivity (Wildman–Crippen MR) is 91.7 cm³/mol. The Labute approximate surface area is 135 Å². The fraction of sp³-hybridized carbons (Fsp3) is 0.263. The summed E-state index contributed by atoms with van der Waals surface area (Å²) < 4.78 is 5.38. The summed E-state index contributed by atoms with van der Waals surface area (Å²) >= 11 is 0. The van der Waals surface area contributed by atoms with Crippen LogP contribution >= 0.6 is 0 Å². The van der Waals surface area contributed by atoms with Gasteiger partial charge in [0.25, 0.3) is 0 Å². The SMILES string of the molecule is Cc1cc(C)c2c(CC(=O)Nc3c(C)cccc3C)noc2c1. The molecule has 0 saturated carbocycles. The van der Waals surface area contributed by atoms with E-state index in [0.717, 1.165) is 38.9 Å². The van der Waals surface area contributed by atoms with Crippen LogP contribution in [0.2, 0.25) is 0 Å². The van der Waals surface area contributed by atoms with Gasteiger partial charge in [-0.25, -0.2) is 0 Å². The van der Waals surface area contributed by atoms with E-state index in [-0.39, 0.29) is 12.3 Å². The number of anilines is 1. The van der Waals surface area contributed by atoms with Crippen LogP contribution in [-0.4, -0.2) is 11.1 Å². The van der Waals surface area contributed by atoms with Crippen LogP contribution in [0.15, 0.2) is 34.9 Å². The van der Waals surface area contributed by atoms with Gasteiger partial charge in [-0.2, -0.15) is 0 Å². The summed E-state index contributed by atoms with van der Waals surface area (Å²) in [5.74, 6) is -0.0856. The van der Waals surface area contributed by atoms with Crippen molar-refractivity contribution in [1.29, 1.82) is 0 Å². The highest BCUT2D eigenvalue weighted by molar-refractivity contribution is 5.96. The Hall–Kier alpha value is -2.62. The molecule has 0 unspecified atom stereocenters. The van der Waals surface area contributed by atoms with Crippen LogP contribution in [0, 0.1) is 27.7 Å². The van der Waals surface area contributed by atoms with Gasteiger partial charge in [-0.15, -0.1) is 0 Å². The molecule has 0 bridgehead atoms. The first-order valence-corrected chi connectivity index (χ1v) is 7.67. The third-order valence-corrected chi connectivity index (χ3v) is 4.06. The van der Waals surface area contributed by atoms with E-state index in [1.54, 1.807) is 0 Å². The van der Waals surface area contributed by atoms with E-state index < -0.39 is 0 Å². The van der Waals surface area contributed by atoms with Gasteiger partial charge in [-0.3, -0.25) is 4.79 Å². The van der Waals surface area contributed by atoms with Crippen molar-refractivity contribution >= 4 is 22.6 Å². The molecule has 0 atom stereocenters. The Morgan fingerprint density at radius 2 is 1.78 bits per heavy atom. The molecule has 0 fully saturated rings. The van der Waals surface area contributed by atoms with Gasteiger partial charge in [0.1, 0.15) is 5.69 Å². The molecule has 0 spiro atoms. The highest BCUT2D eigenvalue weighted by atomic mass is 16.5. The highest BCUT2D eigenvalue weighted by Gasteiger charge is 2.16. The zero-order valence-corrected chi connectivity index (χ0v) is 13.9. The first-order valence-electron chi connectivity index (χ1n) is 7.67. The molecule has 0 radical (unpaired) electrons. The number of carbonyl (C=O) groups excluding carboxylic acids is 1. The Morgan fingerprint density at radius 1 is 1.09 bits per heavy atom. The highest BCUT2D eigenvalue weighted by Crippen LogP contribution is 2.25. The lowest BCUT2D eigenvalue weighted by atomic mass is 10.0. The van der Waals surface area contributed by atoms with Crippen molar-refractivity contribution in [1.82, 2.24) is 5.16 Å². The van der Waals surface area contributed by atoms with Crippen LogP contribution in [0.5, 0.6) is 0 Å². The topological polar surface area (TPSA) is 55.1 Å². The molecule has 1 N–H and O–H groups in total. The summed E-state index contributed by atoms with van der Waals surface area (Å²) in [6, 6.07) is 9.98. The molecule has 1 aromatic heterocycles. The minimum Gasteiger partial charge on any atom is -0.356 e. The van der Waals surface area contributed by atoms with E-state index in [4.69, 9.17) is 4.52 Å². The largest absolute Gasteiger partial charge is 0.356 e. The average Bonchev–Trinajstić information content (AvgIpc) is 2.86. The third kappa shape index (κ3) is 2.97. The Morgan fingerprint density at radius 3 is 2.48 bits per heavy atom. The normalized spacial score (nSPS) is 11.0. The van der Waals surface area contributed by atoms with Gasteiger partial charge >= 0.3 is 0 Å². The van der Waals surface area contributed by atoms with Crippen LogP contribution in [0.25, 0.3) is 11.0 Å². The van der Waals surface area contributed by atoms with Gasteiger partial charge in [0.2, 0.25) is 5.91 Å². The lowest BCUT2D eigenvalue weighted by Gasteiger charge is -2.10. The van der Waals surface area contributed by atoms with E-state index in [1.165, 1.54) is 0 Å². The van der Waals surface area contributed by atoms with Crippen LogP contribution in [0.1, 0.15) is 27.9 Å². The van der Waals surface area contributed by atoms with Gasteiger partial charge in [0.15, 0.2) is 5.58 Å². The number of fused-ring (bicyclic) bond motifs is 1. The number of aryl methyl sites for hydroxylation is 4. The van der Waals surface area contributed by atoms with Crippen molar-refractivity contribution in [2.24, 2.45) is 0 Å². The summed E-state index contributed by atoms with van der Waals surface area (Å²) in [5.41, 5.74) is 6.59. The van der Waals surface area contributed by atoms with E-state index in [9.17, 15) is 4.79 Å². The number of aromatic nitrogens is 1. The number of carbonyl (C=O) groups is 1. The standard InChI is InChI=1S/C19H20N2O2/c1-11-8-14(4)18-15(21-23-16(18)9-11)10-17(22)20-19-12(2)6-5-7-13(19)3/h5-9H,10H2,1-4H3,(H,20,22). The van der Waals surface area contributed by atoms with E-state index in [1.807, 2.05) is 52.0 Å². The minimum absolute atomic E-state index is 0.0856. The maximum absolute atomic E-state index is 12.4. The number of hydrogen-bond donors (Lipinski definition) is 1. The van der Waals surface area contributed by atoms with E-state index >= 15 is 0 Å². The molecule has 0 saturated heterocycles. The van der Waals surface area contributed by atoms with Crippen molar-refractivity contribution in [2.45, 2.75) is 34.1 Å². The van der Waals surface area contributed by atoms with Gasteiger partial charge in [-0.05, 0) is 56.0 Å². The summed E-state index contributed by atoms with van der Waals surface area (Å²) in [4.78, 5) is 12.4. The Kier molecular flexibility index (Phi) is 3.90. The predicted octanol–water partition coefficient (Wildman–Crippen LogP) is 4.24. The van der Waals surface area contributed by atoms with E-state index in [0.29, 0.717) is 5.69 Å². The average molecular weight is 308 g/mol.